The summed E-state index contributed by atoms with van der Waals surface area (Å²) in [7, 11) is 0. The second-order valence-electron chi connectivity index (χ2n) is 7.37. The van der Waals surface area contributed by atoms with Gasteiger partial charge in [-0.3, -0.25) is 9.89 Å². The van der Waals surface area contributed by atoms with Crippen molar-refractivity contribution in [2.24, 2.45) is 0 Å². The highest BCUT2D eigenvalue weighted by Gasteiger charge is 2.26. The fourth-order valence-corrected chi connectivity index (χ4v) is 3.62. The van der Waals surface area contributed by atoms with Crippen molar-refractivity contribution in [1.82, 2.24) is 25.3 Å². The van der Waals surface area contributed by atoms with Crippen LogP contribution in [0.5, 0.6) is 0 Å². The van der Waals surface area contributed by atoms with Crippen LogP contribution in [0.3, 0.4) is 0 Å². The molecule has 0 aromatic carbocycles. The second kappa shape index (κ2) is 7.05. The molecule has 1 saturated carbocycles. The molecule has 1 N–H and O–H groups in total. The van der Waals surface area contributed by atoms with Crippen LogP contribution in [0.15, 0.2) is 12.1 Å². The van der Waals surface area contributed by atoms with Crippen LogP contribution in [0.2, 0.25) is 0 Å². The highest BCUT2D eigenvalue weighted by atomic mass is 16.2. The molecule has 138 valence electrons. The number of hydrogen-bond donors (Lipinski definition) is 1. The van der Waals surface area contributed by atoms with Crippen molar-refractivity contribution in [2.75, 3.05) is 31.1 Å². The third kappa shape index (κ3) is 3.57. The molecule has 2 aromatic rings. The topological polar surface area (TPSA) is 78.0 Å². The number of anilines is 1. The predicted molar refractivity (Wildman–Crippen MR) is 99.2 cm³/mol. The number of carbonyl (C=O) groups excluding carboxylic acids is 1. The molecule has 26 heavy (non-hydrogen) atoms. The van der Waals surface area contributed by atoms with Crippen LogP contribution in [-0.2, 0) is 11.2 Å². The average Bonchev–Trinajstić information content (AvgIpc) is 3.47. The molecule has 7 heteroatoms. The Labute approximate surface area is 153 Å². The van der Waals surface area contributed by atoms with Crippen LogP contribution in [0, 0.1) is 13.8 Å². The lowest BCUT2D eigenvalue weighted by molar-refractivity contribution is -0.131. The van der Waals surface area contributed by atoms with Crippen molar-refractivity contribution in [3.63, 3.8) is 0 Å². The van der Waals surface area contributed by atoms with Crippen LogP contribution in [0.1, 0.15) is 47.8 Å². The summed E-state index contributed by atoms with van der Waals surface area (Å²) in [6.45, 7) is 7.11. The van der Waals surface area contributed by atoms with Gasteiger partial charge in [0.05, 0.1) is 11.4 Å². The first-order valence-corrected chi connectivity index (χ1v) is 9.48. The summed E-state index contributed by atoms with van der Waals surface area (Å²) >= 11 is 0. The smallest absolute Gasteiger partial charge is 0.223 e. The highest BCUT2D eigenvalue weighted by Crippen LogP contribution is 2.38. The Bertz CT molecular complexity index is 752. The Morgan fingerprint density at radius 3 is 2.50 bits per heavy atom. The maximum Gasteiger partial charge on any atom is 0.223 e. The van der Waals surface area contributed by atoms with Gasteiger partial charge in [-0.15, -0.1) is 5.10 Å². The number of aromatic nitrogens is 4. The van der Waals surface area contributed by atoms with E-state index in [4.69, 9.17) is 0 Å². The number of amides is 1. The zero-order valence-corrected chi connectivity index (χ0v) is 15.5. The van der Waals surface area contributed by atoms with Crippen LogP contribution >= 0.6 is 0 Å². The van der Waals surface area contributed by atoms with Crippen LogP contribution < -0.4 is 4.90 Å². The van der Waals surface area contributed by atoms with Gasteiger partial charge in [-0.05, 0) is 50.8 Å². The van der Waals surface area contributed by atoms with E-state index in [2.05, 4.69) is 37.4 Å². The quantitative estimate of drug-likeness (QED) is 0.888. The van der Waals surface area contributed by atoms with E-state index < -0.39 is 0 Å². The van der Waals surface area contributed by atoms with E-state index in [1.54, 1.807) is 0 Å². The van der Waals surface area contributed by atoms with E-state index in [1.807, 2.05) is 18.7 Å². The van der Waals surface area contributed by atoms with Gasteiger partial charge in [0.1, 0.15) is 0 Å². The normalized spacial score (nSPS) is 17.6. The number of nitrogens with zero attached hydrogens (tertiary/aromatic N) is 5. The van der Waals surface area contributed by atoms with Gasteiger partial charge in [-0.25, -0.2) is 0 Å². The van der Waals surface area contributed by atoms with Gasteiger partial charge in [0, 0.05) is 44.2 Å². The van der Waals surface area contributed by atoms with E-state index in [-0.39, 0.29) is 5.91 Å². The van der Waals surface area contributed by atoms with Gasteiger partial charge in [0.25, 0.3) is 0 Å². The third-order valence-electron chi connectivity index (χ3n) is 5.49. The average molecular weight is 354 g/mol. The summed E-state index contributed by atoms with van der Waals surface area (Å²) in [5.74, 6) is 1.78. The van der Waals surface area contributed by atoms with E-state index in [0.29, 0.717) is 12.3 Å². The van der Waals surface area contributed by atoms with Crippen molar-refractivity contribution in [1.29, 1.82) is 0 Å². The Kier molecular flexibility index (Phi) is 4.61. The van der Waals surface area contributed by atoms with E-state index in [9.17, 15) is 4.79 Å². The van der Waals surface area contributed by atoms with Gasteiger partial charge >= 0.3 is 0 Å². The van der Waals surface area contributed by atoms with Crippen molar-refractivity contribution < 1.29 is 4.79 Å². The van der Waals surface area contributed by atoms with Crippen LogP contribution in [0.4, 0.5) is 5.82 Å². The van der Waals surface area contributed by atoms with Gasteiger partial charge in [0.15, 0.2) is 5.82 Å². The molecule has 1 amide bonds. The number of aromatic amines is 1. The van der Waals surface area contributed by atoms with Crippen molar-refractivity contribution in [2.45, 2.75) is 45.4 Å². The predicted octanol–water partition coefficient (Wildman–Crippen LogP) is 1.98. The largest absolute Gasteiger partial charge is 0.352 e. The van der Waals surface area contributed by atoms with Gasteiger partial charge < -0.3 is 9.80 Å². The minimum atomic E-state index is 0.222. The number of H-pyrrole nitrogens is 1. The maximum absolute atomic E-state index is 12.5. The Hall–Kier alpha value is -2.44. The zero-order chi connectivity index (χ0) is 18.1. The lowest BCUT2D eigenvalue weighted by Crippen LogP contribution is -2.49. The SMILES string of the molecule is Cc1n[nH]c(C)c1CCC(=O)N1CCN(c2ccc(C3CC3)nn2)CC1. The van der Waals surface area contributed by atoms with Gasteiger partial charge in [-0.2, -0.15) is 10.2 Å². The first kappa shape index (κ1) is 17.0. The molecule has 4 rings (SSSR count). The number of piperazine rings is 1. The number of hydrogen-bond acceptors (Lipinski definition) is 5. The molecule has 0 atom stereocenters. The molecule has 0 unspecified atom stereocenters. The lowest BCUT2D eigenvalue weighted by Gasteiger charge is -2.35. The minimum absolute atomic E-state index is 0.222. The third-order valence-corrected chi connectivity index (χ3v) is 5.49. The van der Waals surface area contributed by atoms with Gasteiger partial charge in [0.2, 0.25) is 5.91 Å². The van der Waals surface area contributed by atoms with Crippen molar-refractivity contribution >= 4 is 11.7 Å². The molecule has 1 saturated heterocycles. The molecular formula is C19H26N6O. The van der Waals surface area contributed by atoms with E-state index in [0.717, 1.165) is 55.5 Å². The lowest BCUT2D eigenvalue weighted by atomic mass is 10.1. The maximum atomic E-state index is 12.5. The summed E-state index contributed by atoms with van der Waals surface area (Å²) in [6, 6.07) is 4.18. The van der Waals surface area contributed by atoms with Crippen LogP contribution in [0.25, 0.3) is 0 Å². The molecule has 2 aliphatic rings. The number of nitrogens with one attached hydrogen (secondary N) is 1. The monoisotopic (exact) mass is 354 g/mol. The summed E-state index contributed by atoms with van der Waals surface area (Å²) in [5.41, 5.74) is 4.34. The number of carbonyl (C=O) groups is 1. The zero-order valence-electron chi connectivity index (χ0n) is 15.5. The molecule has 0 bridgehead atoms. The fraction of sp³-hybridized carbons (Fsp3) is 0.579. The molecule has 2 fully saturated rings. The molecule has 2 aromatic heterocycles. The summed E-state index contributed by atoms with van der Waals surface area (Å²) in [5, 5.41) is 15.9. The summed E-state index contributed by atoms with van der Waals surface area (Å²) < 4.78 is 0. The fourth-order valence-electron chi connectivity index (χ4n) is 3.62. The number of rotatable bonds is 5. The Morgan fingerprint density at radius 1 is 1.15 bits per heavy atom. The van der Waals surface area contributed by atoms with E-state index >= 15 is 0 Å². The van der Waals surface area contributed by atoms with E-state index in [1.165, 1.54) is 18.4 Å². The minimum Gasteiger partial charge on any atom is -0.352 e. The molecule has 7 nitrogen and oxygen atoms in total. The Balaban J connectivity index is 1.28. The summed E-state index contributed by atoms with van der Waals surface area (Å²) in [4.78, 5) is 16.7. The molecule has 1 aliphatic heterocycles. The molecule has 0 spiro atoms. The number of aryl methyl sites for hydroxylation is 2. The second-order valence-corrected chi connectivity index (χ2v) is 7.37. The standard InChI is InChI=1S/C19H26N6O/c1-13-16(14(2)21-20-13)5-8-19(26)25-11-9-24(10-12-25)18-7-6-17(22-23-18)15-3-4-15/h6-7,15H,3-5,8-12H2,1-2H3,(H,20,21). The Morgan fingerprint density at radius 2 is 1.92 bits per heavy atom. The molecule has 0 radical (unpaired) electrons. The van der Waals surface area contributed by atoms with Crippen LogP contribution in [-0.4, -0.2) is 57.4 Å². The molecular weight excluding hydrogens is 328 g/mol. The first-order chi connectivity index (χ1) is 12.6. The molecule has 3 heterocycles. The highest BCUT2D eigenvalue weighted by molar-refractivity contribution is 5.76. The molecule has 1 aliphatic carbocycles. The van der Waals surface area contributed by atoms with Gasteiger partial charge in [-0.1, -0.05) is 0 Å². The van der Waals surface area contributed by atoms with Crippen molar-refractivity contribution in [3.8, 4) is 0 Å². The first-order valence-electron chi connectivity index (χ1n) is 9.48. The van der Waals surface area contributed by atoms with Crippen molar-refractivity contribution in [3.05, 3.63) is 34.8 Å². The summed E-state index contributed by atoms with van der Waals surface area (Å²) in [6.07, 6.45) is 3.78.